The summed E-state index contributed by atoms with van der Waals surface area (Å²) in [4.78, 5) is 23.3. The van der Waals surface area contributed by atoms with Gasteiger partial charge in [-0.1, -0.05) is 18.5 Å². The van der Waals surface area contributed by atoms with Crippen LogP contribution >= 0.6 is 11.6 Å². The van der Waals surface area contributed by atoms with E-state index in [-0.39, 0.29) is 11.6 Å². The van der Waals surface area contributed by atoms with Crippen LogP contribution in [0.1, 0.15) is 19.4 Å². The number of likely N-dealkylation sites (N-methyl/N-ethyl adjacent to an activating group) is 1. The minimum atomic E-state index is -1.39. The fourth-order valence-electron chi connectivity index (χ4n) is 2.01. The van der Waals surface area contributed by atoms with Crippen molar-refractivity contribution in [3.63, 3.8) is 0 Å². The lowest BCUT2D eigenvalue weighted by atomic mass is 10.1. The van der Waals surface area contributed by atoms with Crippen LogP contribution in [0.2, 0.25) is 5.02 Å². The van der Waals surface area contributed by atoms with Crippen molar-refractivity contribution in [3.05, 3.63) is 40.3 Å². The number of benzene rings is 1. The normalized spacial score (nSPS) is 11.3. The molecule has 21 heavy (non-hydrogen) atoms. The first-order chi connectivity index (χ1) is 9.83. The third kappa shape index (κ3) is 3.72. The van der Waals surface area contributed by atoms with Crippen molar-refractivity contribution in [2.45, 2.75) is 20.3 Å². The van der Waals surface area contributed by atoms with Gasteiger partial charge in [0.25, 0.3) is 0 Å². The molecule has 2 N–H and O–H groups in total. The lowest BCUT2D eigenvalue weighted by Crippen LogP contribution is -2.29. The zero-order valence-electron chi connectivity index (χ0n) is 11.6. The molecule has 0 unspecified atom stereocenters. The van der Waals surface area contributed by atoms with E-state index in [4.69, 9.17) is 16.7 Å². The van der Waals surface area contributed by atoms with Crippen LogP contribution in [0.15, 0.2) is 23.9 Å². The van der Waals surface area contributed by atoms with Crippen molar-refractivity contribution in [2.24, 2.45) is 0 Å². The summed E-state index contributed by atoms with van der Waals surface area (Å²) in [6.45, 7) is 3.61. The quantitative estimate of drug-likeness (QED) is 0.789. The second-order valence-corrected chi connectivity index (χ2v) is 4.51. The molecule has 7 heteroatoms. The molecule has 0 bridgehead atoms. The highest BCUT2D eigenvalue weighted by Crippen LogP contribution is 2.32. The van der Waals surface area contributed by atoms with E-state index >= 15 is 0 Å². The van der Waals surface area contributed by atoms with Crippen molar-refractivity contribution in [1.82, 2.24) is 0 Å². The third-order valence-electron chi connectivity index (χ3n) is 2.90. The van der Waals surface area contributed by atoms with Crippen LogP contribution in [0.4, 0.5) is 10.1 Å². The fourth-order valence-corrected chi connectivity index (χ4v) is 2.31. The lowest BCUT2D eigenvalue weighted by Gasteiger charge is -2.26. The molecule has 0 saturated heterocycles. The lowest BCUT2D eigenvalue weighted by molar-refractivity contribution is -0.135. The molecular formula is C14H15ClFNO4. The fraction of sp³-hybridized carbons (Fsp3) is 0.286. The Labute approximate surface area is 126 Å². The van der Waals surface area contributed by atoms with Crippen molar-refractivity contribution >= 4 is 29.2 Å². The van der Waals surface area contributed by atoms with Crippen LogP contribution < -0.4 is 4.90 Å². The Kier molecular flexibility index (Phi) is 5.72. The summed E-state index contributed by atoms with van der Waals surface area (Å²) >= 11 is 5.90. The maximum Gasteiger partial charge on any atom is 0.352 e. The average molecular weight is 316 g/mol. The number of aliphatic carboxylic acids is 2. The van der Waals surface area contributed by atoms with E-state index in [0.717, 1.165) is 6.07 Å². The smallest absolute Gasteiger partial charge is 0.352 e. The number of rotatable bonds is 6. The zero-order chi connectivity index (χ0) is 16.2. The molecule has 0 radical (unpaired) electrons. The molecule has 0 spiro atoms. The molecule has 0 aliphatic rings. The first-order valence-corrected chi connectivity index (χ1v) is 6.63. The number of nitrogens with zero attached hydrogens (tertiary/aromatic N) is 1. The molecule has 1 aromatic carbocycles. The molecule has 0 saturated carbocycles. The van der Waals surface area contributed by atoms with E-state index in [0.29, 0.717) is 23.7 Å². The Morgan fingerprint density at radius 2 is 1.95 bits per heavy atom. The SMILES string of the molecule is CCc1c(N(CC)/C(=C/C(=O)O)C(=O)O)ccc(F)c1Cl. The van der Waals surface area contributed by atoms with Crippen molar-refractivity contribution in [1.29, 1.82) is 0 Å². The van der Waals surface area contributed by atoms with Crippen molar-refractivity contribution in [2.75, 3.05) is 11.4 Å². The monoisotopic (exact) mass is 315 g/mol. The predicted octanol–water partition coefficient (Wildman–Crippen LogP) is 2.92. The maximum atomic E-state index is 13.5. The summed E-state index contributed by atoms with van der Waals surface area (Å²) in [5.41, 5.74) is 0.389. The van der Waals surface area contributed by atoms with Crippen LogP contribution in [0, 0.1) is 5.82 Å². The van der Waals surface area contributed by atoms with Gasteiger partial charge in [0.2, 0.25) is 0 Å². The van der Waals surface area contributed by atoms with Crippen LogP contribution in [0.3, 0.4) is 0 Å². The Bertz CT molecular complexity index is 601. The van der Waals surface area contributed by atoms with E-state index in [2.05, 4.69) is 0 Å². The Balaban J connectivity index is 3.49. The molecule has 114 valence electrons. The van der Waals surface area contributed by atoms with E-state index in [1.807, 2.05) is 0 Å². The Morgan fingerprint density at radius 1 is 1.33 bits per heavy atom. The third-order valence-corrected chi connectivity index (χ3v) is 3.31. The van der Waals surface area contributed by atoms with E-state index in [1.54, 1.807) is 13.8 Å². The minimum absolute atomic E-state index is 0.0893. The van der Waals surface area contributed by atoms with Gasteiger partial charge in [0.05, 0.1) is 11.1 Å². The van der Waals surface area contributed by atoms with Gasteiger partial charge in [0.1, 0.15) is 11.5 Å². The molecule has 5 nitrogen and oxygen atoms in total. The van der Waals surface area contributed by atoms with Crippen LogP contribution in [-0.2, 0) is 16.0 Å². The molecule has 0 aromatic heterocycles. The summed E-state index contributed by atoms with van der Waals surface area (Å²) in [5.74, 6) is -3.37. The highest BCUT2D eigenvalue weighted by molar-refractivity contribution is 6.32. The van der Waals surface area contributed by atoms with Gasteiger partial charge >= 0.3 is 11.9 Å². The van der Waals surface area contributed by atoms with Gasteiger partial charge in [0, 0.05) is 12.2 Å². The molecule has 0 amide bonds. The maximum absolute atomic E-state index is 13.5. The summed E-state index contributed by atoms with van der Waals surface area (Å²) in [6, 6.07) is 2.52. The van der Waals surface area contributed by atoms with E-state index in [9.17, 15) is 19.1 Å². The summed E-state index contributed by atoms with van der Waals surface area (Å²) in [5, 5.41) is 17.9. The van der Waals surface area contributed by atoms with Gasteiger partial charge < -0.3 is 15.1 Å². The van der Waals surface area contributed by atoms with Gasteiger partial charge in [-0.3, -0.25) is 0 Å². The number of hydrogen-bond acceptors (Lipinski definition) is 3. The summed E-state index contributed by atoms with van der Waals surface area (Å²) in [7, 11) is 0. The number of halogens is 2. The number of anilines is 1. The van der Waals surface area contributed by atoms with Gasteiger partial charge in [-0.25, -0.2) is 14.0 Å². The first kappa shape index (κ1) is 17.0. The molecule has 0 heterocycles. The molecular weight excluding hydrogens is 301 g/mol. The highest BCUT2D eigenvalue weighted by atomic mass is 35.5. The van der Waals surface area contributed by atoms with Crippen molar-refractivity contribution < 1.29 is 24.2 Å². The first-order valence-electron chi connectivity index (χ1n) is 6.25. The van der Waals surface area contributed by atoms with Gasteiger partial charge in [-0.2, -0.15) is 0 Å². The van der Waals surface area contributed by atoms with Gasteiger partial charge in [-0.05, 0) is 31.0 Å². The Morgan fingerprint density at radius 3 is 2.38 bits per heavy atom. The largest absolute Gasteiger partial charge is 0.478 e. The molecule has 1 aromatic rings. The summed E-state index contributed by atoms with van der Waals surface area (Å²) < 4.78 is 13.5. The van der Waals surface area contributed by atoms with E-state index < -0.39 is 23.5 Å². The predicted molar refractivity (Wildman–Crippen MR) is 77.2 cm³/mol. The van der Waals surface area contributed by atoms with Gasteiger partial charge in [0.15, 0.2) is 0 Å². The molecule has 0 aliphatic heterocycles. The van der Waals surface area contributed by atoms with Crippen LogP contribution in [-0.4, -0.2) is 28.7 Å². The number of hydrogen-bond donors (Lipinski definition) is 2. The molecule has 0 atom stereocenters. The second-order valence-electron chi connectivity index (χ2n) is 4.13. The molecule has 1 rings (SSSR count). The van der Waals surface area contributed by atoms with Crippen molar-refractivity contribution in [3.8, 4) is 0 Å². The second kappa shape index (κ2) is 7.08. The topological polar surface area (TPSA) is 77.8 Å². The zero-order valence-corrected chi connectivity index (χ0v) is 12.3. The number of carboxylic acids is 2. The number of carbonyl (C=O) groups is 2. The summed E-state index contributed by atoms with van der Waals surface area (Å²) in [6.07, 6.45) is 0.977. The minimum Gasteiger partial charge on any atom is -0.478 e. The van der Waals surface area contributed by atoms with Crippen LogP contribution in [0.25, 0.3) is 0 Å². The standard InChI is InChI=1S/C14H15ClFNO4/c1-3-8-10(6-5-9(16)13(8)15)17(4-2)11(14(20)21)7-12(18)19/h5-7H,3-4H2,1-2H3,(H,18,19)(H,20,21)/b11-7+. The molecule has 0 fully saturated rings. The number of carboxylic acid groups (broad SMARTS) is 2. The highest BCUT2D eigenvalue weighted by Gasteiger charge is 2.22. The molecule has 0 aliphatic carbocycles. The van der Waals surface area contributed by atoms with Crippen LogP contribution in [0.5, 0.6) is 0 Å². The Hall–Kier alpha value is -2.08. The van der Waals surface area contributed by atoms with Gasteiger partial charge in [-0.15, -0.1) is 0 Å². The van der Waals surface area contributed by atoms with E-state index in [1.165, 1.54) is 11.0 Å². The average Bonchev–Trinajstić information content (AvgIpc) is 2.42.